The van der Waals surface area contributed by atoms with E-state index in [0.29, 0.717) is 23.7 Å². The Hall–Kier alpha value is -3.32. The molecule has 160 valence electrons. The zero-order valence-electron chi connectivity index (χ0n) is 17.4. The van der Waals surface area contributed by atoms with Crippen molar-refractivity contribution in [3.63, 3.8) is 0 Å². The molecule has 0 aromatic heterocycles. The summed E-state index contributed by atoms with van der Waals surface area (Å²) >= 11 is 0. The van der Waals surface area contributed by atoms with E-state index in [9.17, 15) is 13.2 Å². The molecule has 0 bridgehead atoms. The van der Waals surface area contributed by atoms with Crippen molar-refractivity contribution in [1.82, 2.24) is 0 Å². The minimum absolute atomic E-state index is 0.250. The SMILES string of the molecule is C[C@H](C(=O)N1CCc2ccccc21)N(c1ccc(Oc2ccccc2)cc1)S(C)(=O)=O. The first-order chi connectivity index (χ1) is 14.8. The molecule has 6 nitrogen and oxygen atoms in total. The first-order valence-corrected chi connectivity index (χ1v) is 11.9. The zero-order valence-corrected chi connectivity index (χ0v) is 18.2. The van der Waals surface area contributed by atoms with Crippen molar-refractivity contribution in [1.29, 1.82) is 0 Å². The van der Waals surface area contributed by atoms with Crippen LogP contribution in [0.5, 0.6) is 11.5 Å². The zero-order chi connectivity index (χ0) is 22.0. The van der Waals surface area contributed by atoms with Crippen molar-refractivity contribution in [2.75, 3.05) is 22.0 Å². The van der Waals surface area contributed by atoms with E-state index in [-0.39, 0.29) is 5.91 Å². The minimum atomic E-state index is -3.70. The number of carbonyl (C=O) groups is 1. The molecule has 3 aromatic carbocycles. The summed E-state index contributed by atoms with van der Waals surface area (Å²) in [6.07, 6.45) is 1.88. The molecule has 4 rings (SSSR count). The fraction of sp³-hybridized carbons (Fsp3) is 0.208. The average molecular weight is 437 g/mol. The van der Waals surface area contributed by atoms with Gasteiger partial charge in [-0.05, 0) is 61.4 Å². The predicted molar refractivity (Wildman–Crippen MR) is 122 cm³/mol. The maximum absolute atomic E-state index is 13.3. The van der Waals surface area contributed by atoms with Crippen molar-refractivity contribution in [2.45, 2.75) is 19.4 Å². The van der Waals surface area contributed by atoms with Crippen molar-refractivity contribution in [3.8, 4) is 11.5 Å². The Morgan fingerprint density at radius 1 is 0.935 bits per heavy atom. The topological polar surface area (TPSA) is 66.9 Å². The molecule has 0 aliphatic carbocycles. The highest BCUT2D eigenvalue weighted by molar-refractivity contribution is 7.92. The molecular formula is C24H24N2O4S. The fourth-order valence-corrected chi connectivity index (χ4v) is 5.05. The van der Waals surface area contributed by atoms with Crippen LogP contribution in [0.2, 0.25) is 0 Å². The molecule has 0 saturated heterocycles. The summed E-state index contributed by atoms with van der Waals surface area (Å²) in [7, 11) is -3.70. The van der Waals surface area contributed by atoms with E-state index in [1.165, 1.54) is 4.31 Å². The molecule has 1 atom stereocenters. The molecule has 3 aromatic rings. The summed E-state index contributed by atoms with van der Waals surface area (Å²) in [6, 6.07) is 22.9. The fourth-order valence-electron chi connectivity index (χ4n) is 3.88. The van der Waals surface area contributed by atoms with Gasteiger partial charge in [0.25, 0.3) is 5.91 Å². The summed E-state index contributed by atoms with van der Waals surface area (Å²) in [4.78, 5) is 14.9. The quantitative estimate of drug-likeness (QED) is 0.580. The van der Waals surface area contributed by atoms with Crippen LogP contribution >= 0.6 is 0 Å². The van der Waals surface area contributed by atoms with Crippen molar-refractivity contribution < 1.29 is 17.9 Å². The van der Waals surface area contributed by atoms with Crippen LogP contribution in [0.1, 0.15) is 12.5 Å². The number of carbonyl (C=O) groups excluding carboxylic acids is 1. The molecule has 7 heteroatoms. The highest BCUT2D eigenvalue weighted by Crippen LogP contribution is 2.31. The molecule has 0 unspecified atom stereocenters. The van der Waals surface area contributed by atoms with Crippen LogP contribution < -0.4 is 13.9 Å². The summed E-state index contributed by atoms with van der Waals surface area (Å²) in [6.45, 7) is 2.17. The van der Waals surface area contributed by atoms with Gasteiger partial charge in [-0.1, -0.05) is 36.4 Å². The number of benzene rings is 3. The molecule has 0 radical (unpaired) electrons. The molecule has 1 aliphatic rings. The second kappa shape index (κ2) is 8.43. The first kappa shape index (κ1) is 20.9. The molecule has 0 fully saturated rings. The van der Waals surface area contributed by atoms with Gasteiger partial charge in [0.15, 0.2) is 0 Å². The normalized spacial score (nSPS) is 14.1. The molecule has 0 saturated carbocycles. The van der Waals surface area contributed by atoms with Crippen LogP contribution in [0.3, 0.4) is 0 Å². The molecule has 1 heterocycles. The molecule has 0 N–H and O–H groups in total. The Morgan fingerprint density at radius 2 is 1.55 bits per heavy atom. The molecule has 0 spiro atoms. The maximum atomic E-state index is 13.3. The van der Waals surface area contributed by atoms with Gasteiger partial charge in [-0.15, -0.1) is 0 Å². The van der Waals surface area contributed by atoms with Gasteiger partial charge in [0.05, 0.1) is 11.9 Å². The van der Waals surface area contributed by atoms with E-state index >= 15 is 0 Å². The minimum Gasteiger partial charge on any atom is -0.457 e. The largest absolute Gasteiger partial charge is 0.457 e. The van der Waals surface area contributed by atoms with Crippen molar-refractivity contribution in [2.24, 2.45) is 0 Å². The van der Waals surface area contributed by atoms with Crippen LogP contribution in [0.25, 0.3) is 0 Å². The number of anilines is 2. The van der Waals surface area contributed by atoms with E-state index in [4.69, 9.17) is 4.74 Å². The van der Waals surface area contributed by atoms with Crippen LogP contribution in [0.4, 0.5) is 11.4 Å². The van der Waals surface area contributed by atoms with Crippen LogP contribution in [-0.2, 0) is 21.2 Å². The average Bonchev–Trinajstić information content (AvgIpc) is 3.18. The van der Waals surface area contributed by atoms with E-state index in [2.05, 4.69) is 0 Å². The number of nitrogens with zero attached hydrogens (tertiary/aromatic N) is 2. The van der Waals surface area contributed by atoms with Gasteiger partial charge in [-0.2, -0.15) is 0 Å². The number of hydrogen-bond donors (Lipinski definition) is 0. The van der Waals surface area contributed by atoms with Crippen molar-refractivity contribution in [3.05, 3.63) is 84.4 Å². The molecular weight excluding hydrogens is 412 g/mol. The number of hydrogen-bond acceptors (Lipinski definition) is 4. The van der Waals surface area contributed by atoms with Gasteiger partial charge in [0.2, 0.25) is 10.0 Å². The Balaban J connectivity index is 1.58. The smallest absolute Gasteiger partial charge is 0.250 e. The maximum Gasteiger partial charge on any atom is 0.250 e. The van der Waals surface area contributed by atoms with Gasteiger partial charge in [-0.3, -0.25) is 9.10 Å². The molecule has 31 heavy (non-hydrogen) atoms. The lowest BCUT2D eigenvalue weighted by molar-refractivity contribution is -0.119. The van der Waals surface area contributed by atoms with Crippen molar-refractivity contribution >= 4 is 27.3 Å². The van der Waals surface area contributed by atoms with Gasteiger partial charge in [-0.25, -0.2) is 8.42 Å². The third-order valence-electron chi connectivity index (χ3n) is 5.29. The van der Waals surface area contributed by atoms with Crippen LogP contribution in [0, 0.1) is 0 Å². The van der Waals surface area contributed by atoms with Gasteiger partial charge in [0, 0.05) is 12.2 Å². The summed E-state index contributed by atoms with van der Waals surface area (Å²) in [5.74, 6) is 1.02. The lowest BCUT2D eigenvalue weighted by Gasteiger charge is -2.31. The highest BCUT2D eigenvalue weighted by Gasteiger charge is 2.34. The Morgan fingerprint density at radius 3 is 2.23 bits per heavy atom. The third kappa shape index (κ3) is 4.41. The Kier molecular flexibility index (Phi) is 5.69. The second-order valence-electron chi connectivity index (χ2n) is 7.51. The first-order valence-electron chi connectivity index (χ1n) is 10.1. The standard InChI is InChI=1S/C24H24N2O4S/c1-18(24(27)25-17-16-19-8-6-7-11-23(19)25)26(31(2,28)29)20-12-14-22(15-13-20)30-21-9-4-3-5-10-21/h3-15,18H,16-17H2,1-2H3/t18-/m1/s1. The lowest BCUT2D eigenvalue weighted by atomic mass is 10.2. The predicted octanol–water partition coefficient (Wildman–Crippen LogP) is 4.22. The number of ether oxygens (including phenoxy) is 1. The summed E-state index contributed by atoms with van der Waals surface area (Å²) in [5.41, 5.74) is 2.35. The molecule has 1 amide bonds. The van der Waals surface area contributed by atoms with Gasteiger partial charge in [0.1, 0.15) is 17.5 Å². The summed E-state index contributed by atoms with van der Waals surface area (Å²) < 4.78 is 32.2. The number of fused-ring (bicyclic) bond motifs is 1. The second-order valence-corrected chi connectivity index (χ2v) is 9.37. The highest BCUT2D eigenvalue weighted by atomic mass is 32.2. The van der Waals surface area contributed by atoms with Crippen LogP contribution in [-0.4, -0.2) is 33.2 Å². The molecule has 1 aliphatic heterocycles. The Bertz CT molecular complexity index is 1180. The number of rotatable bonds is 6. The van der Waals surface area contributed by atoms with Crippen LogP contribution in [0.15, 0.2) is 78.9 Å². The van der Waals surface area contributed by atoms with Gasteiger partial charge >= 0.3 is 0 Å². The number of para-hydroxylation sites is 2. The van der Waals surface area contributed by atoms with E-state index in [0.717, 1.165) is 23.9 Å². The summed E-state index contributed by atoms with van der Waals surface area (Å²) in [5, 5.41) is 0. The Labute approximate surface area is 182 Å². The lowest BCUT2D eigenvalue weighted by Crippen LogP contribution is -2.49. The van der Waals surface area contributed by atoms with E-state index < -0.39 is 16.1 Å². The third-order valence-corrected chi connectivity index (χ3v) is 6.53. The van der Waals surface area contributed by atoms with E-state index in [1.807, 2.05) is 54.6 Å². The van der Waals surface area contributed by atoms with Gasteiger partial charge < -0.3 is 9.64 Å². The number of amides is 1. The number of sulfonamides is 1. The monoisotopic (exact) mass is 436 g/mol. The van der Waals surface area contributed by atoms with E-state index in [1.54, 1.807) is 36.1 Å².